The second-order valence-electron chi connectivity index (χ2n) is 7.22. The summed E-state index contributed by atoms with van der Waals surface area (Å²) in [4.78, 5) is 30.1. The molecule has 2 aliphatic heterocycles. The van der Waals surface area contributed by atoms with Crippen molar-refractivity contribution in [3.63, 3.8) is 0 Å². The van der Waals surface area contributed by atoms with Crippen LogP contribution in [0.2, 0.25) is 0 Å². The van der Waals surface area contributed by atoms with Crippen molar-refractivity contribution >= 4 is 28.4 Å². The molecule has 28 heavy (non-hydrogen) atoms. The molecule has 6 nitrogen and oxygen atoms in total. The maximum atomic E-state index is 13.3. The first-order valence-corrected chi connectivity index (χ1v) is 9.53. The average molecular weight is 372 g/mol. The van der Waals surface area contributed by atoms with Gasteiger partial charge in [0, 0.05) is 36.0 Å². The average Bonchev–Trinajstić information content (AvgIpc) is 3.12. The second-order valence-corrected chi connectivity index (χ2v) is 7.22. The van der Waals surface area contributed by atoms with Gasteiger partial charge < -0.3 is 9.88 Å². The Labute approximate surface area is 162 Å². The molecule has 1 aromatic heterocycles. The molecular weight excluding hydrogens is 352 g/mol. The molecule has 2 aliphatic rings. The van der Waals surface area contributed by atoms with Crippen LogP contribution >= 0.6 is 0 Å². The number of fused-ring (bicyclic) bond motifs is 3. The molecule has 0 radical (unpaired) electrons. The lowest BCUT2D eigenvalue weighted by molar-refractivity contribution is -0.126. The highest BCUT2D eigenvalue weighted by atomic mass is 16.2. The number of hydrogen-bond donors (Lipinski definition) is 2. The lowest BCUT2D eigenvalue weighted by Crippen LogP contribution is -2.45. The lowest BCUT2D eigenvalue weighted by atomic mass is 9.91. The van der Waals surface area contributed by atoms with Gasteiger partial charge in [0.25, 0.3) is 5.91 Å². The number of aromatic nitrogens is 1. The van der Waals surface area contributed by atoms with Crippen molar-refractivity contribution in [1.29, 1.82) is 0 Å². The Bertz CT molecular complexity index is 1100. The van der Waals surface area contributed by atoms with E-state index in [1.54, 1.807) is 0 Å². The van der Waals surface area contributed by atoms with Gasteiger partial charge in [-0.3, -0.25) is 9.59 Å². The van der Waals surface area contributed by atoms with Gasteiger partial charge in [-0.1, -0.05) is 48.5 Å². The topological polar surface area (TPSA) is 77.6 Å². The third-order valence-electron chi connectivity index (χ3n) is 5.56. The number of aromatic amines is 1. The third-order valence-corrected chi connectivity index (χ3v) is 5.56. The summed E-state index contributed by atoms with van der Waals surface area (Å²) in [6.07, 6.45) is 1.46. The third kappa shape index (κ3) is 2.69. The number of amides is 2. The Morgan fingerprint density at radius 3 is 2.57 bits per heavy atom. The van der Waals surface area contributed by atoms with E-state index >= 15 is 0 Å². The summed E-state index contributed by atoms with van der Waals surface area (Å²) in [5.74, 6) is -0.258. The van der Waals surface area contributed by atoms with E-state index in [-0.39, 0.29) is 17.9 Å². The van der Waals surface area contributed by atoms with Crippen LogP contribution in [-0.4, -0.2) is 34.0 Å². The molecule has 0 saturated carbocycles. The molecule has 140 valence electrons. The van der Waals surface area contributed by atoms with Crippen molar-refractivity contribution < 1.29 is 9.59 Å². The quantitative estimate of drug-likeness (QED) is 0.726. The highest BCUT2D eigenvalue weighted by Gasteiger charge is 2.36. The van der Waals surface area contributed by atoms with Gasteiger partial charge in [-0.05, 0) is 23.6 Å². The van der Waals surface area contributed by atoms with E-state index in [0.717, 1.165) is 23.2 Å². The minimum atomic E-state index is -0.204. The predicted molar refractivity (Wildman–Crippen MR) is 107 cm³/mol. The highest BCUT2D eigenvalue weighted by molar-refractivity contribution is 6.39. The predicted octanol–water partition coefficient (Wildman–Crippen LogP) is 2.91. The van der Waals surface area contributed by atoms with E-state index in [2.05, 4.69) is 39.8 Å². The molecule has 1 atom stereocenters. The summed E-state index contributed by atoms with van der Waals surface area (Å²) in [6, 6.07) is 18.1. The van der Waals surface area contributed by atoms with Crippen molar-refractivity contribution in [2.75, 3.05) is 6.54 Å². The second kappa shape index (κ2) is 6.64. The van der Waals surface area contributed by atoms with Crippen LogP contribution in [0.25, 0.3) is 10.9 Å². The largest absolute Gasteiger partial charge is 0.356 e. The van der Waals surface area contributed by atoms with Crippen LogP contribution in [0.15, 0.2) is 59.7 Å². The lowest BCUT2D eigenvalue weighted by Gasteiger charge is -2.36. The maximum Gasteiger partial charge on any atom is 0.270 e. The summed E-state index contributed by atoms with van der Waals surface area (Å²) in [5.41, 5.74) is 7.34. The van der Waals surface area contributed by atoms with E-state index in [4.69, 9.17) is 0 Å². The standard InChI is InChI=1S/C22H20N4O2/c27-19-11-10-18(24-25-19)22(28)26-13-12-16-15-8-4-5-9-17(15)23-20(16)21(26)14-6-2-1-3-7-14/h1-9,21,23H,10-13H2,(H,25,27). The zero-order valence-electron chi connectivity index (χ0n) is 15.3. The first-order valence-electron chi connectivity index (χ1n) is 9.53. The van der Waals surface area contributed by atoms with Gasteiger partial charge >= 0.3 is 0 Å². The number of rotatable bonds is 2. The fourth-order valence-corrected chi connectivity index (χ4v) is 4.24. The number of para-hydroxylation sites is 1. The molecule has 2 aromatic carbocycles. The summed E-state index contributed by atoms with van der Waals surface area (Å²) >= 11 is 0. The number of hydrazone groups is 1. The van der Waals surface area contributed by atoms with Crippen LogP contribution in [0.4, 0.5) is 0 Å². The molecule has 6 heteroatoms. The Kier molecular flexibility index (Phi) is 3.97. The number of H-pyrrole nitrogens is 1. The molecule has 0 fully saturated rings. The van der Waals surface area contributed by atoms with Crippen molar-refractivity contribution in [3.8, 4) is 0 Å². The normalized spacial score (nSPS) is 19.1. The van der Waals surface area contributed by atoms with E-state index in [1.165, 1.54) is 10.9 Å². The molecule has 2 N–H and O–H groups in total. The van der Waals surface area contributed by atoms with E-state index in [0.29, 0.717) is 25.1 Å². The van der Waals surface area contributed by atoms with Gasteiger partial charge in [-0.25, -0.2) is 5.43 Å². The monoisotopic (exact) mass is 372 g/mol. The van der Waals surface area contributed by atoms with Crippen molar-refractivity contribution in [3.05, 3.63) is 71.4 Å². The van der Waals surface area contributed by atoms with Gasteiger partial charge in [-0.2, -0.15) is 5.10 Å². The number of carbonyl (C=O) groups excluding carboxylic acids is 2. The van der Waals surface area contributed by atoms with Gasteiger partial charge in [0.15, 0.2) is 0 Å². The fraction of sp³-hybridized carbons (Fsp3) is 0.227. The van der Waals surface area contributed by atoms with Crippen molar-refractivity contribution in [1.82, 2.24) is 15.3 Å². The number of nitrogens with zero attached hydrogens (tertiary/aromatic N) is 2. The Morgan fingerprint density at radius 2 is 1.79 bits per heavy atom. The molecule has 3 heterocycles. The van der Waals surface area contributed by atoms with Crippen LogP contribution < -0.4 is 5.43 Å². The van der Waals surface area contributed by atoms with Gasteiger partial charge in [0.1, 0.15) is 5.71 Å². The zero-order chi connectivity index (χ0) is 19.1. The van der Waals surface area contributed by atoms with Crippen LogP contribution in [0.5, 0.6) is 0 Å². The Balaban J connectivity index is 1.61. The zero-order valence-corrected chi connectivity index (χ0v) is 15.3. The van der Waals surface area contributed by atoms with E-state index < -0.39 is 0 Å². The van der Waals surface area contributed by atoms with Crippen molar-refractivity contribution in [2.24, 2.45) is 5.10 Å². The molecule has 3 aromatic rings. The number of hydrogen-bond acceptors (Lipinski definition) is 3. The molecule has 1 unspecified atom stereocenters. The fourth-order valence-electron chi connectivity index (χ4n) is 4.24. The molecule has 2 amide bonds. The first kappa shape index (κ1) is 16.7. The van der Waals surface area contributed by atoms with Crippen LogP contribution in [0, 0.1) is 0 Å². The number of nitrogens with one attached hydrogen (secondary N) is 2. The SMILES string of the molecule is O=C1CCC(C(=O)N2CCc3c([nH]c4ccccc34)C2c2ccccc2)=NN1. The maximum absolute atomic E-state index is 13.3. The molecule has 0 aliphatic carbocycles. The van der Waals surface area contributed by atoms with Crippen LogP contribution in [-0.2, 0) is 16.0 Å². The molecule has 0 saturated heterocycles. The van der Waals surface area contributed by atoms with Gasteiger partial charge in [0.05, 0.1) is 6.04 Å². The summed E-state index contributed by atoms with van der Waals surface area (Å²) in [6.45, 7) is 0.611. The van der Waals surface area contributed by atoms with Crippen LogP contribution in [0.3, 0.4) is 0 Å². The highest BCUT2D eigenvalue weighted by Crippen LogP contribution is 2.38. The minimum Gasteiger partial charge on any atom is -0.356 e. The van der Waals surface area contributed by atoms with E-state index in [1.807, 2.05) is 35.2 Å². The first-order chi connectivity index (χ1) is 13.7. The Hall–Kier alpha value is -3.41. The molecular formula is C22H20N4O2. The summed E-state index contributed by atoms with van der Waals surface area (Å²) in [7, 11) is 0. The Morgan fingerprint density at radius 1 is 1.00 bits per heavy atom. The smallest absolute Gasteiger partial charge is 0.270 e. The number of benzene rings is 2. The van der Waals surface area contributed by atoms with Crippen molar-refractivity contribution in [2.45, 2.75) is 25.3 Å². The molecule has 5 rings (SSSR count). The van der Waals surface area contributed by atoms with Gasteiger partial charge in [0.2, 0.25) is 5.91 Å². The minimum absolute atomic E-state index is 0.113. The summed E-state index contributed by atoms with van der Waals surface area (Å²) < 4.78 is 0. The summed E-state index contributed by atoms with van der Waals surface area (Å²) in [5, 5.41) is 5.24. The van der Waals surface area contributed by atoms with Crippen LogP contribution in [0.1, 0.15) is 35.7 Å². The number of carbonyl (C=O) groups is 2. The molecule has 0 bridgehead atoms. The molecule has 0 spiro atoms. The van der Waals surface area contributed by atoms with Gasteiger partial charge in [-0.15, -0.1) is 0 Å². The van der Waals surface area contributed by atoms with E-state index in [9.17, 15) is 9.59 Å².